The monoisotopic (exact) mass is 351 g/mol. The molecule has 0 amide bonds. The quantitative estimate of drug-likeness (QED) is 0.626. The van der Waals surface area contributed by atoms with Gasteiger partial charge in [-0.05, 0) is 25.3 Å². The van der Waals surface area contributed by atoms with Crippen molar-refractivity contribution in [2.45, 2.75) is 51.3 Å². The van der Waals surface area contributed by atoms with Crippen molar-refractivity contribution in [1.29, 1.82) is 0 Å². The van der Waals surface area contributed by atoms with Gasteiger partial charge in [0.25, 0.3) is 0 Å². The first kappa shape index (κ1) is 17.6. The molecule has 0 radical (unpaired) electrons. The highest BCUT2D eigenvalue weighted by molar-refractivity contribution is 7.09. The molecule has 24 heavy (non-hydrogen) atoms. The molecule has 7 heteroatoms. The van der Waals surface area contributed by atoms with Crippen molar-refractivity contribution in [1.82, 2.24) is 20.5 Å². The summed E-state index contributed by atoms with van der Waals surface area (Å²) in [6.07, 6.45) is 2.84. The number of rotatable bonds is 5. The zero-order chi connectivity index (χ0) is 16.9. The maximum Gasteiger partial charge on any atom is 0.191 e. The van der Waals surface area contributed by atoms with Gasteiger partial charge in [0.1, 0.15) is 5.01 Å². The zero-order valence-electron chi connectivity index (χ0n) is 14.9. The maximum atomic E-state index is 5.98. The predicted molar refractivity (Wildman–Crippen MR) is 98.7 cm³/mol. The second-order valence-electron chi connectivity index (χ2n) is 6.87. The largest absolute Gasteiger partial charge is 0.373 e. The minimum atomic E-state index is 0.241. The maximum absolute atomic E-state index is 5.98. The summed E-state index contributed by atoms with van der Waals surface area (Å²) < 4.78 is 5.98. The molecular weight excluding hydrogens is 322 g/mol. The van der Waals surface area contributed by atoms with Gasteiger partial charge in [0, 0.05) is 31.6 Å². The van der Waals surface area contributed by atoms with E-state index in [0.717, 1.165) is 36.4 Å². The van der Waals surface area contributed by atoms with Crippen LogP contribution in [0.2, 0.25) is 0 Å². The lowest BCUT2D eigenvalue weighted by Crippen LogP contribution is -2.51. The molecule has 2 unspecified atom stereocenters. The summed E-state index contributed by atoms with van der Waals surface area (Å²) in [5.41, 5.74) is 1.16. The van der Waals surface area contributed by atoms with E-state index < -0.39 is 0 Å². The van der Waals surface area contributed by atoms with E-state index in [1.807, 2.05) is 0 Å². The molecule has 0 spiro atoms. The fourth-order valence-corrected chi connectivity index (χ4v) is 4.17. The molecule has 1 aromatic heterocycles. The first-order valence-corrected chi connectivity index (χ1v) is 9.78. The van der Waals surface area contributed by atoms with E-state index in [9.17, 15) is 0 Å². The van der Waals surface area contributed by atoms with Crippen LogP contribution in [0.3, 0.4) is 0 Å². The number of nitrogens with zero attached hydrogens (tertiary/aromatic N) is 3. The Bertz CT molecular complexity index is 559. The van der Waals surface area contributed by atoms with Crippen LogP contribution in [0.25, 0.3) is 0 Å². The molecule has 134 valence electrons. The van der Waals surface area contributed by atoms with Gasteiger partial charge in [-0.2, -0.15) is 0 Å². The molecule has 6 nitrogen and oxygen atoms in total. The molecule has 1 aromatic rings. The Hall–Kier alpha value is -1.18. The number of hydrogen-bond donors (Lipinski definition) is 2. The van der Waals surface area contributed by atoms with Crippen molar-refractivity contribution >= 4 is 17.3 Å². The minimum Gasteiger partial charge on any atom is -0.373 e. The predicted octanol–water partition coefficient (Wildman–Crippen LogP) is 1.79. The average molecular weight is 352 g/mol. The van der Waals surface area contributed by atoms with Crippen molar-refractivity contribution in [3.05, 3.63) is 16.1 Å². The molecule has 0 aromatic carbocycles. The van der Waals surface area contributed by atoms with E-state index in [0.29, 0.717) is 18.5 Å². The number of hydrogen-bond acceptors (Lipinski definition) is 5. The summed E-state index contributed by atoms with van der Waals surface area (Å²) in [4.78, 5) is 11.5. The first-order chi connectivity index (χ1) is 11.7. The molecule has 0 aliphatic carbocycles. The van der Waals surface area contributed by atoms with Crippen LogP contribution in [0.5, 0.6) is 0 Å². The second-order valence-corrected chi connectivity index (χ2v) is 7.82. The van der Waals surface area contributed by atoms with Gasteiger partial charge in [-0.1, -0.05) is 13.8 Å². The van der Waals surface area contributed by atoms with Gasteiger partial charge in [-0.15, -0.1) is 11.3 Å². The second kappa shape index (κ2) is 8.27. The topological polar surface area (TPSA) is 61.8 Å². The Balaban J connectivity index is 1.41. The van der Waals surface area contributed by atoms with Gasteiger partial charge >= 0.3 is 0 Å². The molecular formula is C17H29N5OS. The van der Waals surface area contributed by atoms with E-state index in [-0.39, 0.29) is 6.10 Å². The smallest absolute Gasteiger partial charge is 0.191 e. The van der Waals surface area contributed by atoms with Crippen LogP contribution in [0.15, 0.2) is 10.4 Å². The number of nitrogens with one attached hydrogen (secondary N) is 2. The molecule has 2 atom stereocenters. The Labute approximate surface area is 148 Å². The summed E-state index contributed by atoms with van der Waals surface area (Å²) in [7, 11) is 1.80. The zero-order valence-corrected chi connectivity index (χ0v) is 15.7. The molecule has 3 rings (SSSR count). The van der Waals surface area contributed by atoms with E-state index >= 15 is 0 Å². The molecule has 2 N–H and O–H groups in total. The third-order valence-corrected chi connectivity index (χ3v) is 5.62. The van der Waals surface area contributed by atoms with Crippen LogP contribution in [0.1, 0.15) is 43.3 Å². The Morgan fingerprint density at radius 2 is 2.38 bits per heavy atom. The molecule has 2 fully saturated rings. The van der Waals surface area contributed by atoms with Crippen molar-refractivity contribution in [2.75, 3.05) is 33.3 Å². The molecule has 0 saturated carbocycles. The van der Waals surface area contributed by atoms with E-state index in [1.165, 1.54) is 19.4 Å². The summed E-state index contributed by atoms with van der Waals surface area (Å²) in [5.74, 6) is 1.29. The van der Waals surface area contributed by atoms with Gasteiger partial charge in [-0.3, -0.25) is 9.89 Å². The van der Waals surface area contributed by atoms with Crippen molar-refractivity contribution < 1.29 is 4.74 Å². The highest BCUT2D eigenvalue weighted by atomic mass is 32.1. The van der Waals surface area contributed by atoms with Crippen LogP contribution in [-0.2, 0) is 11.3 Å². The van der Waals surface area contributed by atoms with Crippen molar-refractivity contribution in [3.63, 3.8) is 0 Å². The Kier molecular flexibility index (Phi) is 6.08. The summed E-state index contributed by atoms with van der Waals surface area (Å²) in [5, 5.41) is 9.96. The highest BCUT2D eigenvalue weighted by Crippen LogP contribution is 2.22. The molecule has 2 aliphatic rings. The van der Waals surface area contributed by atoms with Crippen LogP contribution >= 0.6 is 11.3 Å². The first-order valence-electron chi connectivity index (χ1n) is 8.90. The number of guanidine groups is 1. The van der Waals surface area contributed by atoms with Crippen molar-refractivity contribution in [3.8, 4) is 0 Å². The summed E-state index contributed by atoms with van der Waals surface area (Å²) in [6.45, 7) is 8.95. The molecule has 2 aliphatic heterocycles. The Morgan fingerprint density at radius 1 is 1.50 bits per heavy atom. The van der Waals surface area contributed by atoms with Gasteiger partial charge in [-0.25, -0.2) is 4.98 Å². The third kappa shape index (κ3) is 4.46. The third-order valence-electron chi connectivity index (χ3n) is 4.75. The normalized spacial score (nSPS) is 25.1. The highest BCUT2D eigenvalue weighted by Gasteiger charge is 2.32. The number of morpholine rings is 1. The van der Waals surface area contributed by atoms with Crippen molar-refractivity contribution in [2.24, 2.45) is 4.99 Å². The van der Waals surface area contributed by atoms with E-state index in [1.54, 1.807) is 18.4 Å². The summed E-state index contributed by atoms with van der Waals surface area (Å²) in [6, 6.07) is 0.652. The lowest BCUT2D eigenvalue weighted by atomic mass is 10.2. The molecule has 2 saturated heterocycles. The summed E-state index contributed by atoms with van der Waals surface area (Å²) >= 11 is 1.70. The Morgan fingerprint density at radius 3 is 3.12 bits per heavy atom. The van der Waals surface area contributed by atoms with Gasteiger partial charge in [0.2, 0.25) is 0 Å². The SMILES string of the molecule is CN=C(NCc1nc(C(C)C)cs1)NCC1CN2CCCC2CO1. The number of aromatic nitrogens is 1. The number of fused-ring (bicyclic) bond motifs is 1. The minimum absolute atomic E-state index is 0.241. The number of aliphatic imine (C=N–C) groups is 1. The van der Waals surface area contributed by atoms with Gasteiger partial charge < -0.3 is 15.4 Å². The van der Waals surface area contributed by atoms with Crippen LogP contribution < -0.4 is 10.6 Å². The van der Waals surface area contributed by atoms with Gasteiger partial charge in [0.15, 0.2) is 5.96 Å². The molecule has 3 heterocycles. The van der Waals surface area contributed by atoms with Crippen LogP contribution in [0.4, 0.5) is 0 Å². The fourth-order valence-electron chi connectivity index (χ4n) is 3.27. The lowest BCUT2D eigenvalue weighted by Gasteiger charge is -2.35. The van der Waals surface area contributed by atoms with Crippen LogP contribution in [0, 0.1) is 0 Å². The van der Waals surface area contributed by atoms with Crippen LogP contribution in [-0.4, -0.2) is 61.3 Å². The van der Waals surface area contributed by atoms with E-state index in [2.05, 4.69) is 44.7 Å². The number of ether oxygens (including phenoxy) is 1. The molecule has 0 bridgehead atoms. The lowest BCUT2D eigenvalue weighted by molar-refractivity contribution is -0.0453. The fraction of sp³-hybridized carbons (Fsp3) is 0.765. The van der Waals surface area contributed by atoms with Gasteiger partial charge in [0.05, 0.1) is 24.9 Å². The number of thiazole rings is 1. The average Bonchev–Trinajstić information content (AvgIpc) is 3.23. The van der Waals surface area contributed by atoms with E-state index in [4.69, 9.17) is 4.74 Å². The standard InChI is InChI=1S/C17H29N5OS/c1-12(2)15-11-24-16(21-15)8-20-17(18-3)19-7-14-9-22-6-4-5-13(22)10-23-14/h11-14H,4-10H2,1-3H3,(H2,18,19,20).